The standard InChI is InChI=1S/C16H16BrN3O4/c17-11-3-1-10(2-4-11)13-8-14(19-18-13)16(23)20-5-6-24-12(9-20)7-15(21)22/h1-4,8,12H,5-7,9H2,(H,18,19)(H,21,22). The number of nitrogens with zero attached hydrogens (tertiary/aromatic N) is 2. The van der Waals surface area contributed by atoms with Crippen molar-refractivity contribution in [3.05, 3.63) is 40.5 Å². The van der Waals surface area contributed by atoms with Gasteiger partial charge in [-0.25, -0.2) is 0 Å². The zero-order chi connectivity index (χ0) is 17.1. The molecule has 8 heteroatoms. The molecule has 0 saturated carbocycles. The number of carboxylic acid groups (broad SMARTS) is 1. The molecule has 1 unspecified atom stereocenters. The fourth-order valence-corrected chi connectivity index (χ4v) is 2.86. The molecule has 0 bridgehead atoms. The van der Waals surface area contributed by atoms with Crippen molar-refractivity contribution in [1.82, 2.24) is 15.1 Å². The maximum Gasteiger partial charge on any atom is 0.306 e. The lowest BCUT2D eigenvalue weighted by Gasteiger charge is -2.31. The lowest BCUT2D eigenvalue weighted by Crippen LogP contribution is -2.46. The van der Waals surface area contributed by atoms with Gasteiger partial charge in [0, 0.05) is 23.1 Å². The minimum absolute atomic E-state index is 0.114. The number of aromatic amines is 1. The van der Waals surface area contributed by atoms with Crippen LogP contribution in [0, 0.1) is 0 Å². The van der Waals surface area contributed by atoms with Crippen LogP contribution in [0.1, 0.15) is 16.9 Å². The Balaban J connectivity index is 1.71. The second-order valence-corrected chi connectivity index (χ2v) is 6.43. The summed E-state index contributed by atoms with van der Waals surface area (Å²) in [7, 11) is 0. The highest BCUT2D eigenvalue weighted by molar-refractivity contribution is 9.10. The van der Waals surface area contributed by atoms with Gasteiger partial charge in [-0.3, -0.25) is 14.7 Å². The highest BCUT2D eigenvalue weighted by Gasteiger charge is 2.27. The Bertz CT molecular complexity index is 744. The van der Waals surface area contributed by atoms with Crippen molar-refractivity contribution < 1.29 is 19.4 Å². The third-order valence-electron chi connectivity index (χ3n) is 3.78. The van der Waals surface area contributed by atoms with Crippen molar-refractivity contribution in [3.63, 3.8) is 0 Å². The number of carbonyl (C=O) groups excluding carboxylic acids is 1. The van der Waals surface area contributed by atoms with Gasteiger partial charge in [0.05, 0.1) is 24.8 Å². The van der Waals surface area contributed by atoms with Crippen LogP contribution >= 0.6 is 15.9 Å². The molecular formula is C16H16BrN3O4. The van der Waals surface area contributed by atoms with Gasteiger partial charge >= 0.3 is 5.97 Å². The summed E-state index contributed by atoms with van der Waals surface area (Å²) in [4.78, 5) is 25.0. The molecular weight excluding hydrogens is 378 g/mol. The largest absolute Gasteiger partial charge is 0.481 e. The van der Waals surface area contributed by atoms with Crippen molar-refractivity contribution in [1.29, 1.82) is 0 Å². The Labute approximate surface area is 146 Å². The van der Waals surface area contributed by atoms with Gasteiger partial charge in [-0.1, -0.05) is 28.1 Å². The molecule has 1 fully saturated rings. The monoisotopic (exact) mass is 393 g/mol. The molecule has 1 aliphatic rings. The van der Waals surface area contributed by atoms with Crippen molar-refractivity contribution >= 4 is 27.8 Å². The van der Waals surface area contributed by atoms with E-state index in [1.165, 1.54) is 0 Å². The van der Waals surface area contributed by atoms with Crippen molar-refractivity contribution in [2.24, 2.45) is 0 Å². The molecule has 0 spiro atoms. The summed E-state index contributed by atoms with van der Waals surface area (Å²) in [6, 6.07) is 9.33. The van der Waals surface area contributed by atoms with Gasteiger partial charge in [0.1, 0.15) is 5.69 Å². The number of amides is 1. The van der Waals surface area contributed by atoms with Gasteiger partial charge in [-0.15, -0.1) is 0 Å². The van der Waals surface area contributed by atoms with E-state index in [0.717, 1.165) is 10.0 Å². The topological polar surface area (TPSA) is 95.5 Å². The summed E-state index contributed by atoms with van der Waals surface area (Å²) < 4.78 is 6.35. The number of aromatic nitrogens is 2. The number of nitrogens with one attached hydrogen (secondary N) is 1. The number of H-pyrrole nitrogens is 1. The molecule has 24 heavy (non-hydrogen) atoms. The van der Waals surface area contributed by atoms with Gasteiger partial charge in [-0.05, 0) is 18.2 Å². The Morgan fingerprint density at radius 1 is 1.38 bits per heavy atom. The normalized spacial score (nSPS) is 17.7. The number of benzene rings is 1. The van der Waals surface area contributed by atoms with Crippen LogP contribution in [0.4, 0.5) is 0 Å². The van der Waals surface area contributed by atoms with E-state index in [4.69, 9.17) is 9.84 Å². The molecule has 0 aliphatic carbocycles. The number of rotatable bonds is 4. The van der Waals surface area contributed by atoms with Gasteiger partial charge in [0.15, 0.2) is 0 Å². The molecule has 2 aromatic rings. The van der Waals surface area contributed by atoms with Crippen LogP contribution < -0.4 is 0 Å². The van der Waals surface area contributed by atoms with Crippen molar-refractivity contribution in [2.45, 2.75) is 12.5 Å². The highest BCUT2D eigenvalue weighted by atomic mass is 79.9. The van der Waals surface area contributed by atoms with E-state index < -0.39 is 12.1 Å². The first-order valence-electron chi connectivity index (χ1n) is 7.47. The Hall–Kier alpha value is -2.19. The number of halogens is 1. The third kappa shape index (κ3) is 3.82. The van der Waals surface area contributed by atoms with Gasteiger partial charge in [0.2, 0.25) is 0 Å². The molecule has 1 amide bonds. The predicted octanol–water partition coefficient (Wildman–Crippen LogP) is 2.15. The second-order valence-electron chi connectivity index (χ2n) is 5.52. The van der Waals surface area contributed by atoms with Gasteiger partial charge in [-0.2, -0.15) is 5.10 Å². The van der Waals surface area contributed by atoms with Crippen LogP contribution in [0.3, 0.4) is 0 Å². The summed E-state index contributed by atoms with van der Waals surface area (Å²) in [6.07, 6.45) is -0.592. The summed E-state index contributed by atoms with van der Waals surface area (Å²) in [6.45, 7) is 1.02. The summed E-state index contributed by atoms with van der Waals surface area (Å²) >= 11 is 3.38. The number of hydrogen-bond acceptors (Lipinski definition) is 4. The average Bonchev–Trinajstić information content (AvgIpc) is 3.04. The highest BCUT2D eigenvalue weighted by Crippen LogP contribution is 2.21. The lowest BCUT2D eigenvalue weighted by molar-refractivity contribution is -0.141. The number of carboxylic acids is 1. The van der Waals surface area contributed by atoms with Crippen LogP contribution in [-0.4, -0.2) is 57.9 Å². The summed E-state index contributed by atoms with van der Waals surface area (Å²) in [5.74, 6) is -1.14. The first kappa shape index (κ1) is 16.7. The SMILES string of the molecule is O=C(O)CC1CN(C(=O)c2cc(-c3ccc(Br)cc3)n[nH]2)CCO1. The third-order valence-corrected chi connectivity index (χ3v) is 4.31. The average molecular weight is 394 g/mol. The number of morpholine rings is 1. The fraction of sp³-hybridized carbons (Fsp3) is 0.312. The Morgan fingerprint density at radius 2 is 2.12 bits per heavy atom. The van der Waals surface area contributed by atoms with Crippen molar-refractivity contribution in [3.8, 4) is 11.3 Å². The van der Waals surface area contributed by atoms with Crippen LogP contribution in [0.5, 0.6) is 0 Å². The maximum absolute atomic E-state index is 12.6. The minimum atomic E-state index is -0.937. The molecule has 2 N–H and O–H groups in total. The maximum atomic E-state index is 12.6. The minimum Gasteiger partial charge on any atom is -0.481 e. The van der Waals surface area contributed by atoms with Gasteiger partial charge < -0.3 is 14.7 Å². The molecule has 1 aliphatic heterocycles. The molecule has 1 aromatic carbocycles. The quantitative estimate of drug-likeness (QED) is 0.829. The Kier molecular flexibility index (Phi) is 4.96. The summed E-state index contributed by atoms with van der Waals surface area (Å²) in [5.41, 5.74) is 1.96. The zero-order valence-corrected chi connectivity index (χ0v) is 14.3. The number of aliphatic carboxylic acids is 1. The van der Waals surface area contributed by atoms with E-state index in [2.05, 4.69) is 26.1 Å². The van der Waals surface area contributed by atoms with Crippen molar-refractivity contribution in [2.75, 3.05) is 19.7 Å². The van der Waals surface area contributed by atoms with E-state index in [9.17, 15) is 9.59 Å². The number of hydrogen-bond donors (Lipinski definition) is 2. The van der Waals surface area contributed by atoms with E-state index >= 15 is 0 Å². The molecule has 1 saturated heterocycles. The van der Waals surface area contributed by atoms with E-state index in [-0.39, 0.29) is 18.9 Å². The zero-order valence-electron chi connectivity index (χ0n) is 12.7. The van der Waals surface area contributed by atoms with Gasteiger partial charge in [0.25, 0.3) is 5.91 Å². The second kappa shape index (κ2) is 7.14. The van der Waals surface area contributed by atoms with E-state index in [0.29, 0.717) is 24.5 Å². The molecule has 1 atom stereocenters. The summed E-state index contributed by atoms with van der Waals surface area (Å²) in [5, 5.41) is 15.8. The molecule has 1 aromatic heterocycles. The van der Waals surface area contributed by atoms with Crippen LogP contribution in [-0.2, 0) is 9.53 Å². The Morgan fingerprint density at radius 3 is 2.83 bits per heavy atom. The molecule has 126 valence electrons. The fourth-order valence-electron chi connectivity index (χ4n) is 2.59. The first-order valence-corrected chi connectivity index (χ1v) is 8.26. The van der Waals surface area contributed by atoms with Crippen LogP contribution in [0.25, 0.3) is 11.3 Å². The molecule has 0 radical (unpaired) electrons. The molecule has 7 nitrogen and oxygen atoms in total. The predicted molar refractivity (Wildman–Crippen MR) is 89.6 cm³/mol. The number of carbonyl (C=O) groups is 2. The van der Waals surface area contributed by atoms with Crippen LogP contribution in [0.2, 0.25) is 0 Å². The van der Waals surface area contributed by atoms with Crippen LogP contribution in [0.15, 0.2) is 34.8 Å². The molecule has 2 heterocycles. The van der Waals surface area contributed by atoms with E-state index in [1.54, 1.807) is 11.0 Å². The van der Waals surface area contributed by atoms with E-state index in [1.807, 2.05) is 24.3 Å². The number of ether oxygens (including phenoxy) is 1. The smallest absolute Gasteiger partial charge is 0.306 e. The lowest BCUT2D eigenvalue weighted by atomic mass is 10.1. The molecule has 3 rings (SSSR count). The first-order chi connectivity index (χ1) is 11.5.